The van der Waals surface area contributed by atoms with Gasteiger partial charge in [0.25, 0.3) is 0 Å². The van der Waals surface area contributed by atoms with E-state index in [2.05, 4.69) is 6.08 Å². The van der Waals surface area contributed by atoms with Gasteiger partial charge in [0.2, 0.25) is 0 Å². The smallest absolute Gasteiger partial charge is 0.129 e. The maximum absolute atomic E-state index is 10.5. The summed E-state index contributed by atoms with van der Waals surface area (Å²) in [5.74, 6) is 0.282. The second-order valence-corrected chi connectivity index (χ2v) is 2.55. The van der Waals surface area contributed by atoms with Gasteiger partial charge in [0.05, 0.1) is 0 Å². The lowest BCUT2D eigenvalue weighted by molar-refractivity contribution is -0.117. The first-order valence-electron chi connectivity index (χ1n) is 4.04. The maximum Gasteiger partial charge on any atom is 0.129 e. The molecule has 0 heterocycles. The molecule has 0 bridgehead atoms. The molecule has 0 aliphatic rings. The number of carbonyl (C=O) groups excluding carboxylic acids is 1. The molecule has 0 unspecified atom stereocenters. The number of ketones is 1. The monoisotopic (exact) mass is 152 g/mol. The second-order valence-electron chi connectivity index (χ2n) is 2.55. The third kappa shape index (κ3) is 9.15. The maximum atomic E-state index is 10.5. The molecule has 0 radical (unpaired) electrons. The molecule has 0 saturated heterocycles. The average Bonchev–Trinajstić information content (AvgIpc) is 1.96. The summed E-state index contributed by atoms with van der Waals surface area (Å²) in [6.45, 7) is 3.62. The van der Waals surface area contributed by atoms with Crippen LogP contribution in [0.2, 0.25) is 0 Å². The predicted molar refractivity (Wildman–Crippen MR) is 48.5 cm³/mol. The topological polar surface area (TPSA) is 17.1 Å². The molecule has 1 heteroatoms. The number of Topliss-reactive ketones (excluding diaryl/α,β-unsaturated/α-hetero) is 1. The summed E-state index contributed by atoms with van der Waals surface area (Å²) in [6.07, 6.45) is 10.8. The van der Waals surface area contributed by atoms with Gasteiger partial charge in [-0.05, 0) is 26.7 Å². The molecule has 0 aromatic heterocycles. The van der Waals surface area contributed by atoms with Crippen molar-refractivity contribution in [3.05, 3.63) is 24.3 Å². The van der Waals surface area contributed by atoms with E-state index in [0.29, 0.717) is 6.42 Å². The first-order chi connectivity index (χ1) is 5.27. The zero-order valence-corrected chi connectivity index (χ0v) is 7.34. The fourth-order valence-corrected chi connectivity index (χ4v) is 0.755. The molecule has 0 atom stereocenters. The number of rotatable bonds is 5. The Morgan fingerprint density at radius 1 is 1.36 bits per heavy atom. The summed E-state index contributed by atoms with van der Waals surface area (Å²) in [6, 6.07) is 0. The molecule has 1 nitrogen and oxygen atoms in total. The van der Waals surface area contributed by atoms with Crippen LogP contribution in [0.4, 0.5) is 0 Å². The number of hydrogen-bond acceptors (Lipinski definition) is 1. The highest BCUT2D eigenvalue weighted by atomic mass is 16.1. The summed E-state index contributed by atoms with van der Waals surface area (Å²) in [4.78, 5) is 10.5. The lowest BCUT2D eigenvalue weighted by Gasteiger charge is -1.89. The van der Waals surface area contributed by atoms with Gasteiger partial charge in [-0.1, -0.05) is 24.3 Å². The van der Waals surface area contributed by atoms with Crippen LogP contribution in [0, 0.1) is 0 Å². The van der Waals surface area contributed by atoms with E-state index in [0.717, 1.165) is 12.8 Å². The van der Waals surface area contributed by atoms with Crippen molar-refractivity contribution in [3.63, 3.8) is 0 Å². The number of hydrogen-bond donors (Lipinski definition) is 0. The van der Waals surface area contributed by atoms with Crippen molar-refractivity contribution in [2.75, 3.05) is 0 Å². The first-order valence-corrected chi connectivity index (χ1v) is 4.04. The van der Waals surface area contributed by atoms with Crippen LogP contribution in [-0.4, -0.2) is 5.78 Å². The van der Waals surface area contributed by atoms with Gasteiger partial charge in [-0.2, -0.15) is 0 Å². The number of unbranched alkanes of at least 4 members (excludes halogenated alkanes) is 1. The average molecular weight is 152 g/mol. The van der Waals surface area contributed by atoms with Gasteiger partial charge in [-0.25, -0.2) is 0 Å². The zero-order valence-electron chi connectivity index (χ0n) is 7.34. The third-order valence-corrected chi connectivity index (χ3v) is 1.34. The van der Waals surface area contributed by atoms with E-state index < -0.39 is 0 Å². The Bertz CT molecular complexity index is 154. The molecule has 0 saturated carbocycles. The van der Waals surface area contributed by atoms with Gasteiger partial charge in [-0.15, -0.1) is 0 Å². The van der Waals surface area contributed by atoms with E-state index in [1.165, 1.54) is 0 Å². The van der Waals surface area contributed by atoms with Crippen LogP contribution in [0.5, 0.6) is 0 Å². The van der Waals surface area contributed by atoms with Crippen LogP contribution >= 0.6 is 0 Å². The van der Waals surface area contributed by atoms with E-state index in [1.54, 1.807) is 6.92 Å². The summed E-state index contributed by atoms with van der Waals surface area (Å²) >= 11 is 0. The van der Waals surface area contributed by atoms with Crippen molar-refractivity contribution in [3.8, 4) is 0 Å². The van der Waals surface area contributed by atoms with Crippen molar-refractivity contribution in [2.24, 2.45) is 0 Å². The van der Waals surface area contributed by atoms with E-state index in [1.807, 2.05) is 25.2 Å². The Balaban J connectivity index is 3.20. The molecule has 62 valence electrons. The number of carbonyl (C=O) groups is 1. The predicted octanol–water partition coefficient (Wildman–Crippen LogP) is 2.88. The molecule has 0 aromatic carbocycles. The van der Waals surface area contributed by atoms with E-state index in [9.17, 15) is 4.79 Å². The molecule has 0 spiro atoms. The molecular weight excluding hydrogens is 136 g/mol. The summed E-state index contributed by atoms with van der Waals surface area (Å²) < 4.78 is 0. The number of allylic oxidation sites excluding steroid dienone is 4. The first kappa shape index (κ1) is 10.2. The standard InChI is InChI=1S/C10H16O/c1-3-4-5-6-7-8-9-10(2)11/h3-6H,7-9H2,1-2H3. The zero-order chi connectivity index (χ0) is 8.53. The van der Waals surface area contributed by atoms with Gasteiger partial charge >= 0.3 is 0 Å². The molecule has 0 fully saturated rings. The minimum atomic E-state index is 0.282. The van der Waals surface area contributed by atoms with Crippen molar-refractivity contribution >= 4 is 5.78 Å². The lowest BCUT2D eigenvalue weighted by atomic mass is 10.2. The third-order valence-electron chi connectivity index (χ3n) is 1.34. The molecule has 0 amide bonds. The minimum absolute atomic E-state index is 0.282. The molecule has 0 aliphatic carbocycles. The molecule has 0 aliphatic heterocycles. The van der Waals surface area contributed by atoms with E-state index in [4.69, 9.17) is 0 Å². The van der Waals surface area contributed by atoms with Gasteiger partial charge < -0.3 is 4.79 Å². The summed E-state index contributed by atoms with van der Waals surface area (Å²) in [5.41, 5.74) is 0. The fraction of sp³-hybridized carbons (Fsp3) is 0.500. The van der Waals surface area contributed by atoms with Crippen LogP contribution in [0.3, 0.4) is 0 Å². The second kappa shape index (κ2) is 7.26. The Morgan fingerprint density at radius 2 is 2.09 bits per heavy atom. The molecular formula is C10H16O. The Morgan fingerprint density at radius 3 is 2.64 bits per heavy atom. The highest BCUT2D eigenvalue weighted by Crippen LogP contribution is 1.97. The Labute approximate surface area is 68.8 Å². The fourth-order valence-electron chi connectivity index (χ4n) is 0.755. The highest BCUT2D eigenvalue weighted by Gasteiger charge is 1.89. The van der Waals surface area contributed by atoms with Gasteiger partial charge in [0.1, 0.15) is 5.78 Å². The normalized spacial score (nSPS) is 11.5. The Hall–Kier alpha value is -0.850. The molecule has 0 aromatic rings. The van der Waals surface area contributed by atoms with Crippen molar-refractivity contribution in [1.82, 2.24) is 0 Å². The quantitative estimate of drug-likeness (QED) is 0.437. The van der Waals surface area contributed by atoms with Crippen LogP contribution in [0.25, 0.3) is 0 Å². The van der Waals surface area contributed by atoms with Crippen LogP contribution < -0.4 is 0 Å². The molecule has 0 rings (SSSR count). The summed E-state index contributed by atoms with van der Waals surface area (Å²) in [7, 11) is 0. The lowest BCUT2D eigenvalue weighted by Crippen LogP contribution is -1.87. The van der Waals surface area contributed by atoms with Crippen molar-refractivity contribution in [2.45, 2.75) is 33.1 Å². The van der Waals surface area contributed by atoms with Crippen molar-refractivity contribution in [1.29, 1.82) is 0 Å². The van der Waals surface area contributed by atoms with E-state index >= 15 is 0 Å². The SMILES string of the molecule is CC=CC=CCCCC(C)=O. The van der Waals surface area contributed by atoms with Gasteiger partial charge in [0.15, 0.2) is 0 Å². The van der Waals surface area contributed by atoms with Crippen LogP contribution in [0.15, 0.2) is 24.3 Å². The molecule has 0 N–H and O–H groups in total. The summed E-state index contributed by atoms with van der Waals surface area (Å²) in [5, 5.41) is 0. The highest BCUT2D eigenvalue weighted by molar-refractivity contribution is 5.75. The van der Waals surface area contributed by atoms with Crippen LogP contribution in [0.1, 0.15) is 33.1 Å². The van der Waals surface area contributed by atoms with Crippen molar-refractivity contribution < 1.29 is 4.79 Å². The molecule has 11 heavy (non-hydrogen) atoms. The Kier molecular flexibility index (Phi) is 6.70. The van der Waals surface area contributed by atoms with Gasteiger partial charge in [-0.3, -0.25) is 0 Å². The minimum Gasteiger partial charge on any atom is -0.300 e. The van der Waals surface area contributed by atoms with Crippen LogP contribution in [-0.2, 0) is 4.79 Å². The van der Waals surface area contributed by atoms with E-state index in [-0.39, 0.29) is 5.78 Å². The largest absolute Gasteiger partial charge is 0.300 e. The van der Waals surface area contributed by atoms with Gasteiger partial charge in [0, 0.05) is 6.42 Å².